The van der Waals surface area contributed by atoms with Crippen LogP contribution in [0.1, 0.15) is 27.7 Å². The van der Waals surface area contributed by atoms with Crippen molar-refractivity contribution in [2.75, 3.05) is 6.54 Å². The second-order valence-electron chi connectivity index (χ2n) is 4.50. The maximum absolute atomic E-state index is 8.92. The fourth-order valence-electron chi connectivity index (χ4n) is 2.08. The highest BCUT2D eigenvalue weighted by molar-refractivity contribution is 5.36. The van der Waals surface area contributed by atoms with E-state index in [9.17, 15) is 0 Å². The molecular formula is C11H19N3. The number of hydrogen-bond acceptors (Lipinski definition) is 3. The fraction of sp³-hybridized carbons (Fsp3) is 0.727. The summed E-state index contributed by atoms with van der Waals surface area (Å²) in [6.45, 7) is 9.29. The third-order valence-electron chi connectivity index (χ3n) is 2.79. The van der Waals surface area contributed by atoms with Crippen molar-refractivity contribution in [3.8, 4) is 6.07 Å². The number of hydrogen-bond donors (Lipinski definition) is 1. The van der Waals surface area contributed by atoms with Gasteiger partial charge in [0.05, 0.1) is 17.7 Å². The Hall–Kier alpha value is -1.01. The average molecular weight is 193 g/mol. The van der Waals surface area contributed by atoms with Crippen LogP contribution in [-0.2, 0) is 0 Å². The highest BCUT2D eigenvalue weighted by Gasteiger charge is 2.34. The molecule has 0 amide bonds. The van der Waals surface area contributed by atoms with Gasteiger partial charge in [-0.05, 0) is 19.8 Å². The highest BCUT2D eigenvalue weighted by Crippen LogP contribution is 2.27. The molecule has 1 unspecified atom stereocenters. The summed E-state index contributed by atoms with van der Waals surface area (Å²) in [6.07, 6.45) is 0. The van der Waals surface area contributed by atoms with E-state index in [4.69, 9.17) is 11.0 Å². The molecule has 2 N–H and O–H groups in total. The second kappa shape index (κ2) is 4.02. The van der Waals surface area contributed by atoms with Gasteiger partial charge in [0.15, 0.2) is 0 Å². The predicted octanol–water partition coefficient (Wildman–Crippen LogP) is 1.47. The molecule has 1 aliphatic rings. The Balaban J connectivity index is 2.95. The SMILES string of the molecule is CC(C)C1C(N)=C(C#N)CN1C(C)C. The van der Waals surface area contributed by atoms with Crippen LogP contribution in [0.4, 0.5) is 0 Å². The Kier molecular flexibility index (Phi) is 3.17. The van der Waals surface area contributed by atoms with Gasteiger partial charge >= 0.3 is 0 Å². The van der Waals surface area contributed by atoms with Crippen LogP contribution in [0.2, 0.25) is 0 Å². The molecule has 1 heterocycles. The van der Waals surface area contributed by atoms with Crippen molar-refractivity contribution < 1.29 is 0 Å². The molecule has 0 radical (unpaired) electrons. The maximum Gasteiger partial charge on any atom is 0.0979 e. The van der Waals surface area contributed by atoms with Gasteiger partial charge in [-0.1, -0.05) is 13.8 Å². The van der Waals surface area contributed by atoms with Gasteiger partial charge in [0, 0.05) is 18.3 Å². The van der Waals surface area contributed by atoms with Crippen molar-refractivity contribution in [3.05, 3.63) is 11.3 Å². The Morgan fingerprint density at radius 2 is 2.00 bits per heavy atom. The zero-order valence-corrected chi connectivity index (χ0v) is 9.41. The molecule has 0 fully saturated rings. The third-order valence-corrected chi connectivity index (χ3v) is 2.79. The molecule has 0 saturated carbocycles. The Morgan fingerprint density at radius 3 is 2.29 bits per heavy atom. The molecule has 0 aromatic carbocycles. The molecule has 3 nitrogen and oxygen atoms in total. The molecule has 0 spiro atoms. The predicted molar refractivity (Wildman–Crippen MR) is 57.3 cm³/mol. The molecular weight excluding hydrogens is 174 g/mol. The summed E-state index contributed by atoms with van der Waals surface area (Å²) < 4.78 is 0. The van der Waals surface area contributed by atoms with Crippen molar-refractivity contribution in [2.45, 2.75) is 39.8 Å². The van der Waals surface area contributed by atoms with E-state index in [0.717, 1.165) is 11.3 Å². The second-order valence-corrected chi connectivity index (χ2v) is 4.50. The van der Waals surface area contributed by atoms with E-state index in [1.165, 1.54) is 0 Å². The van der Waals surface area contributed by atoms with Gasteiger partial charge < -0.3 is 5.73 Å². The van der Waals surface area contributed by atoms with Crippen LogP contribution in [0.3, 0.4) is 0 Å². The molecule has 1 atom stereocenters. The van der Waals surface area contributed by atoms with E-state index in [-0.39, 0.29) is 6.04 Å². The van der Waals surface area contributed by atoms with Gasteiger partial charge in [-0.2, -0.15) is 5.26 Å². The minimum absolute atomic E-state index is 0.240. The van der Waals surface area contributed by atoms with Gasteiger partial charge in [-0.3, -0.25) is 4.90 Å². The molecule has 0 aliphatic carbocycles. The molecule has 14 heavy (non-hydrogen) atoms. The van der Waals surface area contributed by atoms with Crippen molar-refractivity contribution in [2.24, 2.45) is 11.7 Å². The van der Waals surface area contributed by atoms with Crippen LogP contribution in [-0.4, -0.2) is 23.5 Å². The number of rotatable bonds is 2. The molecule has 78 valence electrons. The van der Waals surface area contributed by atoms with Crippen LogP contribution >= 0.6 is 0 Å². The van der Waals surface area contributed by atoms with E-state index < -0.39 is 0 Å². The Labute approximate surface area is 86.2 Å². The van der Waals surface area contributed by atoms with Crippen LogP contribution in [0.5, 0.6) is 0 Å². The summed E-state index contributed by atoms with van der Waals surface area (Å²) in [5.41, 5.74) is 7.50. The molecule has 0 aromatic rings. The van der Waals surface area contributed by atoms with Gasteiger partial charge in [0.2, 0.25) is 0 Å². The largest absolute Gasteiger partial charge is 0.400 e. The Morgan fingerprint density at radius 1 is 1.43 bits per heavy atom. The summed E-state index contributed by atoms with van der Waals surface area (Å²) in [7, 11) is 0. The molecule has 0 bridgehead atoms. The first-order valence-electron chi connectivity index (χ1n) is 5.13. The minimum Gasteiger partial charge on any atom is -0.400 e. The summed E-state index contributed by atoms with van der Waals surface area (Å²) >= 11 is 0. The zero-order chi connectivity index (χ0) is 10.9. The molecule has 0 aromatic heterocycles. The van der Waals surface area contributed by atoms with Gasteiger partial charge in [-0.15, -0.1) is 0 Å². The normalized spacial score (nSPS) is 23.6. The van der Waals surface area contributed by atoms with E-state index >= 15 is 0 Å². The smallest absolute Gasteiger partial charge is 0.0979 e. The topological polar surface area (TPSA) is 53.1 Å². The Bertz CT molecular complexity index is 283. The van der Waals surface area contributed by atoms with Gasteiger partial charge in [0.25, 0.3) is 0 Å². The lowest BCUT2D eigenvalue weighted by atomic mass is 10.00. The summed E-state index contributed by atoms with van der Waals surface area (Å²) in [4.78, 5) is 2.29. The lowest BCUT2D eigenvalue weighted by Gasteiger charge is -2.31. The summed E-state index contributed by atoms with van der Waals surface area (Å²) in [5, 5.41) is 8.92. The lowest BCUT2D eigenvalue weighted by Crippen LogP contribution is -2.42. The average Bonchev–Trinajstić information content (AvgIpc) is 2.42. The van der Waals surface area contributed by atoms with E-state index in [1.807, 2.05) is 0 Å². The van der Waals surface area contributed by atoms with Crippen molar-refractivity contribution in [1.29, 1.82) is 5.26 Å². The third kappa shape index (κ3) is 1.76. The standard InChI is InChI=1S/C11H19N3/c1-7(2)11-10(13)9(5-12)6-14(11)8(3)4/h7-8,11H,6,13H2,1-4H3. The molecule has 1 rings (SSSR count). The summed E-state index contributed by atoms with van der Waals surface area (Å²) in [5.74, 6) is 0.461. The summed E-state index contributed by atoms with van der Waals surface area (Å²) in [6, 6.07) is 2.87. The maximum atomic E-state index is 8.92. The molecule has 0 saturated heterocycles. The molecule has 1 aliphatic heterocycles. The number of nitriles is 1. The van der Waals surface area contributed by atoms with Crippen LogP contribution in [0.25, 0.3) is 0 Å². The van der Waals surface area contributed by atoms with Crippen molar-refractivity contribution in [3.63, 3.8) is 0 Å². The van der Waals surface area contributed by atoms with Crippen molar-refractivity contribution in [1.82, 2.24) is 4.90 Å². The minimum atomic E-state index is 0.240. The first kappa shape index (κ1) is 11.1. The first-order chi connectivity index (χ1) is 6.49. The fourth-order valence-corrected chi connectivity index (χ4v) is 2.08. The van der Waals surface area contributed by atoms with E-state index in [0.29, 0.717) is 18.5 Å². The monoisotopic (exact) mass is 193 g/mol. The van der Waals surface area contributed by atoms with E-state index in [2.05, 4.69) is 38.7 Å². The van der Waals surface area contributed by atoms with Crippen molar-refractivity contribution >= 4 is 0 Å². The van der Waals surface area contributed by atoms with Gasteiger partial charge in [-0.25, -0.2) is 0 Å². The number of nitrogens with two attached hydrogens (primary N) is 1. The highest BCUT2D eigenvalue weighted by atomic mass is 15.2. The molecule has 3 heteroatoms. The van der Waals surface area contributed by atoms with Crippen LogP contribution in [0.15, 0.2) is 11.3 Å². The van der Waals surface area contributed by atoms with Crippen LogP contribution in [0, 0.1) is 17.2 Å². The van der Waals surface area contributed by atoms with E-state index in [1.54, 1.807) is 0 Å². The first-order valence-corrected chi connectivity index (χ1v) is 5.13. The zero-order valence-electron chi connectivity index (χ0n) is 9.41. The van der Waals surface area contributed by atoms with Gasteiger partial charge in [0.1, 0.15) is 0 Å². The number of nitrogens with zero attached hydrogens (tertiary/aromatic N) is 2. The lowest BCUT2D eigenvalue weighted by molar-refractivity contribution is 0.175. The van der Waals surface area contributed by atoms with Crippen LogP contribution < -0.4 is 5.73 Å². The quantitative estimate of drug-likeness (QED) is 0.722.